The van der Waals surface area contributed by atoms with Crippen molar-refractivity contribution in [3.8, 4) is 0 Å². The van der Waals surface area contributed by atoms with Gasteiger partial charge in [0.1, 0.15) is 0 Å². The van der Waals surface area contributed by atoms with Gasteiger partial charge in [-0.1, -0.05) is 15.9 Å². The van der Waals surface area contributed by atoms with Crippen LogP contribution in [-0.4, -0.2) is 17.2 Å². The van der Waals surface area contributed by atoms with E-state index in [2.05, 4.69) is 21.7 Å². The van der Waals surface area contributed by atoms with Crippen molar-refractivity contribution in [2.45, 2.75) is 5.92 Å². The van der Waals surface area contributed by atoms with Crippen LogP contribution in [0.4, 0.5) is 8.78 Å². The van der Waals surface area contributed by atoms with E-state index < -0.39 is 17.2 Å². The molecule has 0 rings (SSSR count). The zero-order chi connectivity index (χ0) is 6.78. The van der Waals surface area contributed by atoms with Crippen molar-refractivity contribution >= 4 is 21.8 Å². The Labute approximate surface area is 53.2 Å². The maximum Gasteiger partial charge on any atom is 0.333 e. The summed E-state index contributed by atoms with van der Waals surface area (Å²) in [4.78, 5) is 9.69. The summed E-state index contributed by atoms with van der Waals surface area (Å²) in [6, 6.07) is 0. The Morgan fingerprint density at radius 1 is 1.75 bits per heavy atom. The van der Waals surface area contributed by atoms with Gasteiger partial charge in [-0.3, -0.25) is 4.79 Å². The van der Waals surface area contributed by atoms with E-state index in [9.17, 15) is 13.6 Å². The Balaban J connectivity index is 3.91. The first-order valence-corrected chi connectivity index (χ1v) is 2.86. The van der Waals surface area contributed by atoms with Crippen LogP contribution >= 0.6 is 15.9 Å². The van der Waals surface area contributed by atoms with Gasteiger partial charge >= 0.3 is 5.92 Å². The Morgan fingerprint density at radius 3 is 2.12 bits per heavy atom. The van der Waals surface area contributed by atoms with Gasteiger partial charge in [0.25, 0.3) is 5.91 Å². The van der Waals surface area contributed by atoms with Crippen molar-refractivity contribution in [1.29, 1.82) is 0 Å². The van der Waals surface area contributed by atoms with E-state index in [-0.39, 0.29) is 0 Å². The second kappa shape index (κ2) is 2.39. The minimum Gasteiger partial charge on any atom is -0.364 e. The summed E-state index contributed by atoms with van der Waals surface area (Å²) in [5, 5.41) is -0.713. The lowest BCUT2D eigenvalue weighted by Crippen LogP contribution is -2.36. The first-order valence-electron chi connectivity index (χ1n) is 1.74. The molecular formula is C3H4BrF2NO. The SMILES string of the molecule is NC(=O)C(F)(F)CBr. The molecule has 0 bridgehead atoms. The summed E-state index contributed by atoms with van der Waals surface area (Å²) in [6.45, 7) is 0. The van der Waals surface area contributed by atoms with Crippen LogP contribution in [0.2, 0.25) is 0 Å². The van der Waals surface area contributed by atoms with Crippen molar-refractivity contribution in [3.05, 3.63) is 0 Å². The lowest BCUT2D eigenvalue weighted by atomic mass is 10.4. The van der Waals surface area contributed by atoms with E-state index in [1.807, 2.05) is 0 Å². The van der Waals surface area contributed by atoms with E-state index in [1.165, 1.54) is 0 Å². The highest BCUT2D eigenvalue weighted by molar-refractivity contribution is 9.09. The third-order valence-electron chi connectivity index (χ3n) is 0.528. The first-order chi connectivity index (χ1) is 3.50. The van der Waals surface area contributed by atoms with Crippen LogP contribution in [0.25, 0.3) is 0 Å². The van der Waals surface area contributed by atoms with Crippen molar-refractivity contribution in [3.63, 3.8) is 0 Å². The highest BCUT2D eigenvalue weighted by Gasteiger charge is 2.34. The molecule has 0 aromatic heterocycles. The Kier molecular flexibility index (Phi) is 2.33. The molecule has 0 heterocycles. The molecule has 0 unspecified atom stereocenters. The average Bonchev–Trinajstić information content (AvgIpc) is 1.67. The number of amides is 1. The first kappa shape index (κ1) is 7.81. The van der Waals surface area contributed by atoms with Gasteiger partial charge < -0.3 is 5.73 Å². The van der Waals surface area contributed by atoms with Gasteiger partial charge in [0.2, 0.25) is 0 Å². The van der Waals surface area contributed by atoms with Gasteiger partial charge in [-0.05, 0) is 0 Å². The summed E-state index contributed by atoms with van der Waals surface area (Å²) in [7, 11) is 0. The maximum atomic E-state index is 11.8. The van der Waals surface area contributed by atoms with Crippen LogP contribution < -0.4 is 5.73 Å². The van der Waals surface area contributed by atoms with E-state index >= 15 is 0 Å². The third kappa shape index (κ3) is 1.73. The number of nitrogens with two attached hydrogens (primary N) is 1. The number of alkyl halides is 3. The van der Waals surface area contributed by atoms with E-state index in [0.717, 1.165) is 0 Å². The number of primary amides is 1. The zero-order valence-electron chi connectivity index (χ0n) is 3.83. The molecule has 5 heteroatoms. The molecule has 0 spiro atoms. The van der Waals surface area contributed by atoms with E-state index in [0.29, 0.717) is 0 Å². The molecule has 0 fully saturated rings. The summed E-state index contributed by atoms with van der Waals surface area (Å²) in [6.07, 6.45) is 0. The number of carbonyl (C=O) groups excluding carboxylic acids is 1. The molecule has 0 aliphatic carbocycles. The molecule has 0 atom stereocenters. The third-order valence-corrected chi connectivity index (χ3v) is 1.23. The summed E-state index contributed by atoms with van der Waals surface area (Å²) < 4.78 is 23.5. The molecule has 0 saturated carbocycles. The maximum absolute atomic E-state index is 11.8. The van der Waals surface area contributed by atoms with Crippen molar-refractivity contribution in [2.24, 2.45) is 5.73 Å². The van der Waals surface area contributed by atoms with Gasteiger partial charge in [0, 0.05) is 0 Å². The predicted molar refractivity (Wildman–Crippen MR) is 27.9 cm³/mol. The second-order valence-corrected chi connectivity index (χ2v) is 1.76. The van der Waals surface area contributed by atoms with Gasteiger partial charge in [0.05, 0.1) is 5.33 Å². The predicted octanol–water partition coefficient (Wildman–Crippen LogP) is 0.502. The molecule has 8 heavy (non-hydrogen) atoms. The average molecular weight is 188 g/mol. The van der Waals surface area contributed by atoms with Crippen LogP contribution in [0, 0.1) is 0 Å². The number of carbonyl (C=O) groups is 1. The zero-order valence-corrected chi connectivity index (χ0v) is 5.41. The highest BCUT2D eigenvalue weighted by atomic mass is 79.9. The van der Waals surface area contributed by atoms with Crippen molar-refractivity contribution in [1.82, 2.24) is 0 Å². The van der Waals surface area contributed by atoms with E-state index in [1.54, 1.807) is 0 Å². The van der Waals surface area contributed by atoms with E-state index in [4.69, 9.17) is 0 Å². The molecular weight excluding hydrogens is 184 g/mol. The Hall–Kier alpha value is -0.190. The lowest BCUT2D eigenvalue weighted by molar-refractivity contribution is -0.138. The smallest absolute Gasteiger partial charge is 0.333 e. The number of halogens is 3. The monoisotopic (exact) mass is 187 g/mol. The molecule has 0 saturated heterocycles. The quantitative estimate of drug-likeness (QED) is 0.630. The highest BCUT2D eigenvalue weighted by Crippen LogP contribution is 2.14. The number of hydrogen-bond donors (Lipinski definition) is 1. The van der Waals surface area contributed by atoms with Gasteiger partial charge in [-0.15, -0.1) is 0 Å². The lowest BCUT2D eigenvalue weighted by Gasteiger charge is -2.05. The van der Waals surface area contributed by atoms with Crippen LogP contribution in [-0.2, 0) is 4.79 Å². The normalized spacial score (nSPS) is 11.4. The molecule has 0 aliphatic heterocycles. The van der Waals surface area contributed by atoms with Crippen LogP contribution in [0.5, 0.6) is 0 Å². The summed E-state index contributed by atoms with van der Waals surface area (Å²) in [5.74, 6) is -5.01. The molecule has 0 aromatic rings. The van der Waals surface area contributed by atoms with Gasteiger partial charge in [-0.2, -0.15) is 8.78 Å². The minimum atomic E-state index is -3.40. The van der Waals surface area contributed by atoms with Gasteiger partial charge in [-0.25, -0.2) is 0 Å². The Morgan fingerprint density at radius 2 is 2.12 bits per heavy atom. The summed E-state index contributed by atoms with van der Waals surface area (Å²) in [5.41, 5.74) is 4.26. The molecule has 0 radical (unpaired) electrons. The van der Waals surface area contributed by atoms with Crippen LogP contribution in [0.15, 0.2) is 0 Å². The molecule has 2 N–H and O–H groups in total. The molecule has 2 nitrogen and oxygen atoms in total. The molecule has 1 amide bonds. The number of rotatable bonds is 2. The second-order valence-electron chi connectivity index (χ2n) is 1.20. The fourth-order valence-corrected chi connectivity index (χ4v) is 0.342. The van der Waals surface area contributed by atoms with Crippen molar-refractivity contribution < 1.29 is 13.6 Å². The Bertz CT molecular complexity index is 105. The molecule has 48 valence electrons. The standard InChI is InChI=1S/C3H4BrF2NO/c4-1-3(5,6)2(7)8/h1H2,(H2,7,8). The minimum absolute atomic E-state index is 0.713. The summed E-state index contributed by atoms with van der Waals surface area (Å²) >= 11 is 2.42. The van der Waals surface area contributed by atoms with Crippen LogP contribution in [0.1, 0.15) is 0 Å². The molecule has 0 aromatic carbocycles. The topological polar surface area (TPSA) is 43.1 Å². The van der Waals surface area contributed by atoms with Crippen LogP contribution in [0.3, 0.4) is 0 Å². The number of hydrogen-bond acceptors (Lipinski definition) is 1. The fraction of sp³-hybridized carbons (Fsp3) is 0.667. The van der Waals surface area contributed by atoms with Crippen molar-refractivity contribution in [2.75, 3.05) is 5.33 Å². The van der Waals surface area contributed by atoms with Gasteiger partial charge in [0.15, 0.2) is 0 Å². The largest absolute Gasteiger partial charge is 0.364 e. The fourth-order valence-electron chi connectivity index (χ4n) is 0.0659. The molecule has 0 aliphatic rings.